The van der Waals surface area contributed by atoms with Gasteiger partial charge < -0.3 is 9.64 Å². The highest BCUT2D eigenvalue weighted by Gasteiger charge is 2.22. The highest BCUT2D eigenvalue weighted by Crippen LogP contribution is 2.20. The zero-order chi connectivity index (χ0) is 17.0. The molecular weight excluding hydrogens is 298 g/mol. The Balaban J connectivity index is 1.84. The molecule has 0 aromatic heterocycles. The number of ether oxygens (including phenoxy) is 1. The Kier molecular flexibility index (Phi) is 5.20. The third-order valence-electron chi connectivity index (χ3n) is 3.57. The topological polar surface area (TPSA) is 75.9 Å². The van der Waals surface area contributed by atoms with Crippen molar-refractivity contribution in [2.45, 2.75) is 26.4 Å². The van der Waals surface area contributed by atoms with Gasteiger partial charge in [0.15, 0.2) is 0 Å². The fraction of sp³-hybridized carbons (Fsp3) is 0.562. The number of esters is 1. The lowest BCUT2D eigenvalue weighted by Crippen LogP contribution is -2.48. The highest BCUT2D eigenvalue weighted by atomic mass is 16.6. The van der Waals surface area contributed by atoms with E-state index in [1.165, 1.54) is 12.1 Å². The number of hydrogen-bond donors (Lipinski definition) is 0. The minimum absolute atomic E-state index is 0.0947. The third kappa shape index (κ3) is 5.21. The Morgan fingerprint density at radius 3 is 2.22 bits per heavy atom. The molecule has 1 aliphatic rings. The zero-order valence-corrected chi connectivity index (χ0v) is 13.8. The normalized spacial score (nSPS) is 16.2. The minimum atomic E-state index is -0.461. The maximum atomic E-state index is 11.8. The van der Waals surface area contributed by atoms with Crippen molar-refractivity contribution < 1.29 is 14.5 Å². The smallest absolute Gasteiger partial charge is 0.320 e. The summed E-state index contributed by atoms with van der Waals surface area (Å²) in [5.74, 6) is -0.207. The summed E-state index contributed by atoms with van der Waals surface area (Å²) in [6.07, 6.45) is 0. The summed E-state index contributed by atoms with van der Waals surface area (Å²) in [4.78, 5) is 26.3. The number of benzene rings is 1. The van der Waals surface area contributed by atoms with Gasteiger partial charge in [-0.2, -0.15) is 0 Å². The van der Waals surface area contributed by atoms with E-state index in [0.717, 1.165) is 31.9 Å². The monoisotopic (exact) mass is 321 g/mol. The van der Waals surface area contributed by atoms with Gasteiger partial charge in [-0.25, -0.2) is 0 Å². The Hall–Kier alpha value is -2.15. The van der Waals surface area contributed by atoms with Gasteiger partial charge in [-0.05, 0) is 32.9 Å². The van der Waals surface area contributed by atoms with Crippen LogP contribution < -0.4 is 4.90 Å². The van der Waals surface area contributed by atoms with Crippen molar-refractivity contribution in [3.63, 3.8) is 0 Å². The minimum Gasteiger partial charge on any atom is -0.459 e. The molecule has 1 saturated heterocycles. The molecule has 0 amide bonds. The molecule has 1 fully saturated rings. The van der Waals surface area contributed by atoms with E-state index in [0.29, 0.717) is 6.54 Å². The van der Waals surface area contributed by atoms with E-state index in [-0.39, 0.29) is 11.7 Å². The standard InChI is InChI=1S/C16H23N3O4/c1-16(2,3)23-15(20)12-17-8-10-18(11-9-17)13-4-6-14(7-5-13)19(21)22/h4-7H,8-12H2,1-3H3. The second-order valence-corrected chi connectivity index (χ2v) is 6.62. The summed E-state index contributed by atoms with van der Waals surface area (Å²) >= 11 is 0. The Morgan fingerprint density at radius 2 is 1.74 bits per heavy atom. The largest absolute Gasteiger partial charge is 0.459 e. The lowest BCUT2D eigenvalue weighted by atomic mass is 10.2. The van der Waals surface area contributed by atoms with Crippen molar-refractivity contribution in [2.24, 2.45) is 0 Å². The van der Waals surface area contributed by atoms with Crippen LogP contribution >= 0.6 is 0 Å². The summed E-state index contributed by atoms with van der Waals surface area (Å²) in [5, 5.41) is 10.7. The summed E-state index contributed by atoms with van der Waals surface area (Å²) in [6, 6.07) is 6.56. The van der Waals surface area contributed by atoms with Crippen molar-refractivity contribution in [3.8, 4) is 0 Å². The van der Waals surface area contributed by atoms with Crippen LogP contribution in [0.2, 0.25) is 0 Å². The highest BCUT2D eigenvalue weighted by molar-refractivity contribution is 5.72. The Labute approximate surface area is 136 Å². The number of anilines is 1. The van der Waals surface area contributed by atoms with Crippen LogP contribution in [0.15, 0.2) is 24.3 Å². The first-order chi connectivity index (χ1) is 10.7. The van der Waals surface area contributed by atoms with Crippen LogP contribution in [0, 0.1) is 10.1 Å². The second kappa shape index (κ2) is 6.95. The van der Waals surface area contributed by atoms with E-state index in [2.05, 4.69) is 9.80 Å². The van der Waals surface area contributed by atoms with E-state index in [1.54, 1.807) is 12.1 Å². The molecule has 23 heavy (non-hydrogen) atoms. The van der Waals surface area contributed by atoms with E-state index >= 15 is 0 Å². The van der Waals surface area contributed by atoms with Gasteiger partial charge in [0.2, 0.25) is 0 Å². The van der Waals surface area contributed by atoms with Gasteiger partial charge in [-0.15, -0.1) is 0 Å². The number of non-ortho nitro benzene ring substituents is 1. The van der Waals surface area contributed by atoms with Crippen molar-refractivity contribution in [3.05, 3.63) is 34.4 Å². The van der Waals surface area contributed by atoms with Crippen LogP contribution in [0.25, 0.3) is 0 Å². The molecule has 1 heterocycles. The molecule has 0 N–H and O–H groups in total. The van der Waals surface area contributed by atoms with Crippen molar-refractivity contribution >= 4 is 17.3 Å². The first-order valence-corrected chi connectivity index (χ1v) is 7.68. The quantitative estimate of drug-likeness (QED) is 0.480. The third-order valence-corrected chi connectivity index (χ3v) is 3.57. The molecular formula is C16H23N3O4. The maximum absolute atomic E-state index is 11.8. The van der Waals surface area contributed by atoms with Gasteiger partial charge >= 0.3 is 5.97 Å². The average Bonchev–Trinajstić information content (AvgIpc) is 2.46. The first kappa shape index (κ1) is 17.2. The lowest BCUT2D eigenvalue weighted by Gasteiger charge is -2.35. The molecule has 7 nitrogen and oxygen atoms in total. The zero-order valence-electron chi connectivity index (χ0n) is 13.8. The number of nitro benzene ring substituents is 1. The van der Waals surface area contributed by atoms with Crippen LogP contribution in [0.4, 0.5) is 11.4 Å². The number of piperazine rings is 1. The summed E-state index contributed by atoms with van der Waals surface area (Å²) < 4.78 is 5.33. The van der Waals surface area contributed by atoms with Crippen LogP contribution in [-0.2, 0) is 9.53 Å². The van der Waals surface area contributed by atoms with Gasteiger partial charge in [0, 0.05) is 44.0 Å². The molecule has 0 unspecified atom stereocenters. The van der Waals surface area contributed by atoms with E-state index in [4.69, 9.17) is 4.74 Å². The van der Waals surface area contributed by atoms with Crippen molar-refractivity contribution in [2.75, 3.05) is 37.6 Å². The number of carbonyl (C=O) groups is 1. The molecule has 7 heteroatoms. The molecule has 0 radical (unpaired) electrons. The average molecular weight is 321 g/mol. The van der Waals surface area contributed by atoms with Gasteiger partial charge in [0.1, 0.15) is 5.60 Å². The van der Waals surface area contributed by atoms with Crippen LogP contribution in [0.1, 0.15) is 20.8 Å². The van der Waals surface area contributed by atoms with Gasteiger partial charge in [0.25, 0.3) is 5.69 Å². The van der Waals surface area contributed by atoms with Crippen LogP contribution in [0.5, 0.6) is 0 Å². The second-order valence-electron chi connectivity index (χ2n) is 6.62. The molecule has 1 aliphatic heterocycles. The van der Waals surface area contributed by atoms with Crippen molar-refractivity contribution in [1.82, 2.24) is 4.90 Å². The van der Waals surface area contributed by atoms with E-state index in [1.807, 2.05) is 20.8 Å². The Morgan fingerprint density at radius 1 is 1.17 bits per heavy atom. The number of hydrogen-bond acceptors (Lipinski definition) is 6. The molecule has 0 saturated carbocycles. The van der Waals surface area contributed by atoms with Gasteiger partial charge in [0.05, 0.1) is 11.5 Å². The number of nitrogens with zero attached hydrogens (tertiary/aromatic N) is 3. The molecule has 126 valence electrons. The van der Waals surface area contributed by atoms with Gasteiger partial charge in [-0.3, -0.25) is 19.8 Å². The number of carbonyl (C=O) groups excluding carboxylic acids is 1. The predicted octanol–water partition coefficient (Wildman–Crippen LogP) is 2.06. The fourth-order valence-electron chi connectivity index (χ4n) is 2.51. The first-order valence-electron chi connectivity index (χ1n) is 7.68. The fourth-order valence-corrected chi connectivity index (χ4v) is 2.51. The number of nitro groups is 1. The van der Waals surface area contributed by atoms with Crippen LogP contribution in [-0.4, -0.2) is 54.1 Å². The summed E-state index contributed by atoms with van der Waals surface area (Å²) in [7, 11) is 0. The molecule has 1 aromatic carbocycles. The SMILES string of the molecule is CC(C)(C)OC(=O)CN1CCN(c2ccc([N+](=O)[O-])cc2)CC1. The van der Waals surface area contributed by atoms with Gasteiger partial charge in [-0.1, -0.05) is 0 Å². The number of rotatable bonds is 4. The van der Waals surface area contributed by atoms with Crippen molar-refractivity contribution in [1.29, 1.82) is 0 Å². The van der Waals surface area contributed by atoms with E-state index in [9.17, 15) is 14.9 Å². The summed E-state index contributed by atoms with van der Waals surface area (Å²) in [6.45, 7) is 8.95. The molecule has 0 aliphatic carbocycles. The molecule has 0 bridgehead atoms. The molecule has 2 rings (SSSR count). The van der Waals surface area contributed by atoms with E-state index < -0.39 is 10.5 Å². The maximum Gasteiger partial charge on any atom is 0.320 e. The molecule has 0 atom stereocenters. The van der Waals surface area contributed by atoms with Crippen LogP contribution in [0.3, 0.4) is 0 Å². The predicted molar refractivity (Wildman–Crippen MR) is 87.6 cm³/mol. The molecule has 1 aromatic rings. The molecule has 0 spiro atoms. The summed E-state index contributed by atoms with van der Waals surface area (Å²) in [5.41, 5.74) is 0.599. The lowest BCUT2D eigenvalue weighted by molar-refractivity contribution is -0.384. The Bertz CT molecular complexity index is 558.